The fourth-order valence-corrected chi connectivity index (χ4v) is 3.73. The molecule has 0 saturated heterocycles. The van der Waals surface area contributed by atoms with Gasteiger partial charge in [-0.1, -0.05) is 42.5 Å². The zero-order chi connectivity index (χ0) is 12.1. The third-order valence-corrected chi connectivity index (χ3v) is 4.60. The molecule has 0 N–H and O–H groups in total. The molecule has 2 aromatic heterocycles. The van der Waals surface area contributed by atoms with E-state index in [1.54, 1.807) is 0 Å². The largest absolute Gasteiger partial charge is 0.251 e. The third-order valence-electron chi connectivity index (χ3n) is 3.41. The maximum atomic E-state index is 4.80. The van der Waals surface area contributed by atoms with Gasteiger partial charge in [-0.2, -0.15) is 0 Å². The Bertz CT molecular complexity index is 889. The maximum absolute atomic E-state index is 4.80. The van der Waals surface area contributed by atoms with Crippen molar-refractivity contribution >= 4 is 42.4 Å². The van der Waals surface area contributed by atoms with Crippen molar-refractivity contribution in [1.82, 2.24) is 4.98 Å². The molecule has 0 unspecified atom stereocenters. The minimum atomic E-state index is 1.11. The molecular formula is C16H11NS. The number of aromatic nitrogens is 1. The number of hydrogen-bond donors (Lipinski definition) is 0. The molecule has 86 valence electrons. The summed E-state index contributed by atoms with van der Waals surface area (Å²) >= 11 is 1.84. The van der Waals surface area contributed by atoms with Crippen molar-refractivity contribution in [2.75, 3.05) is 0 Å². The topological polar surface area (TPSA) is 12.9 Å². The van der Waals surface area contributed by atoms with E-state index in [2.05, 4.69) is 55.5 Å². The number of aryl methyl sites for hydroxylation is 1. The summed E-state index contributed by atoms with van der Waals surface area (Å²) in [5.74, 6) is 0. The quantitative estimate of drug-likeness (QED) is 0.431. The molecule has 0 bridgehead atoms. The van der Waals surface area contributed by atoms with E-state index in [4.69, 9.17) is 4.98 Å². The molecule has 0 aliphatic carbocycles. The summed E-state index contributed by atoms with van der Waals surface area (Å²) in [6.45, 7) is 2.09. The van der Waals surface area contributed by atoms with Gasteiger partial charge in [0.2, 0.25) is 0 Å². The number of nitrogens with zero attached hydrogens (tertiary/aromatic N) is 1. The smallest absolute Gasteiger partial charge is 0.0898 e. The Morgan fingerprint density at radius 1 is 0.833 bits per heavy atom. The third kappa shape index (κ3) is 1.24. The molecule has 1 nitrogen and oxygen atoms in total. The Morgan fingerprint density at radius 3 is 2.33 bits per heavy atom. The van der Waals surface area contributed by atoms with E-state index in [0.29, 0.717) is 0 Å². The second kappa shape index (κ2) is 3.53. The maximum Gasteiger partial charge on any atom is 0.0898 e. The lowest BCUT2D eigenvalue weighted by molar-refractivity contribution is 1.30. The fraction of sp³-hybridized carbons (Fsp3) is 0.0625. The molecule has 2 heteroatoms. The molecule has 18 heavy (non-hydrogen) atoms. The van der Waals surface area contributed by atoms with Gasteiger partial charge in [0.05, 0.1) is 10.2 Å². The Hall–Kier alpha value is -1.93. The lowest BCUT2D eigenvalue weighted by atomic mass is 10.1. The van der Waals surface area contributed by atoms with Crippen molar-refractivity contribution in [3.8, 4) is 0 Å². The van der Waals surface area contributed by atoms with Crippen molar-refractivity contribution in [3.63, 3.8) is 0 Å². The van der Waals surface area contributed by atoms with Crippen LogP contribution >= 0.6 is 11.3 Å². The highest BCUT2D eigenvalue weighted by molar-refractivity contribution is 7.26. The number of hydrogen-bond acceptors (Lipinski definition) is 2. The van der Waals surface area contributed by atoms with E-state index in [1.165, 1.54) is 25.6 Å². The van der Waals surface area contributed by atoms with Gasteiger partial charge in [0.1, 0.15) is 0 Å². The molecule has 0 atom stereocenters. The molecule has 4 aromatic rings. The number of pyridine rings is 1. The first-order valence-electron chi connectivity index (χ1n) is 6.01. The van der Waals surface area contributed by atoms with Crippen LogP contribution in [-0.4, -0.2) is 4.98 Å². The Balaban J connectivity index is 2.36. The van der Waals surface area contributed by atoms with E-state index < -0.39 is 0 Å². The minimum Gasteiger partial charge on any atom is -0.251 e. The van der Waals surface area contributed by atoms with Crippen LogP contribution < -0.4 is 0 Å². The summed E-state index contributed by atoms with van der Waals surface area (Å²) in [5, 5.41) is 3.85. The minimum absolute atomic E-state index is 1.11. The Kier molecular flexibility index (Phi) is 1.97. The van der Waals surface area contributed by atoms with Crippen LogP contribution in [0.1, 0.15) is 5.69 Å². The van der Waals surface area contributed by atoms with Gasteiger partial charge in [-0.25, -0.2) is 0 Å². The standard InChI is InChI=1S/C16H11NS/c1-10-11-6-2-3-7-12(11)16-15(17-10)13-8-4-5-9-14(13)18-16/h2-9H,1H3. The first kappa shape index (κ1) is 10.0. The second-order valence-corrected chi connectivity index (χ2v) is 5.57. The SMILES string of the molecule is Cc1nc2c3ccccc3sc2c2ccccc12. The van der Waals surface area contributed by atoms with E-state index >= 15 is 0 Å². The second-order valence-electron chi connectivity index (χ2n) is 4.52. The van der Waals surface area contributed by atoms with E-state index in [9.17, 15) is 0 Å². The van der Waals surface area contributed by atoms with Crippen molar-refractivity contribution < 1.29 is 0 Å². The zero-order valence-electron chi connectivity index (χ0n) is 9.97. The van der Waals surface area contributed by atoms with Crippen molar-refractivity contribution in [3.05, 3.63) is 54.2 Å². The summed E-state index contributed by atoms with van der Waals surface area (Å²) in [6.07, 6.45) is 0. The summed E-state index contributed by atoms with van der Waals surface area (Å²) < 4.78 is 2.62. The molecule has 0 fully saturated rings. The van der Waals surface area contributed by atoms with E-state index in [-0.39, 0.29) is 0 Å². The van der Waals surface area contributed by atoms with Crippen LogP contribution in [0.15, 0.2) is 48.5 Å². The molecule has 0 spiro atoms. The van der Waals surface area contributed by atoms with Crippen molar-refractivity contribution in [1.29, 1.82) is 0 Å². The predicted octanol–water partition coefficient (Wildman–Crippen LogP) is 4.91. The molecule has 2 aromatic carbocycles. The van der Waals surface area contributed by atoms with Gasteiger partial charge in [0, 0.05) is 26.6 Å². The molecule has 0 aliphatic rings. The summed E-state index contributed by atoms with van der Waals surface area (Å²) in [4.78, 5) is 4.80. The number of fused-ring (bicyclic) bond motifs is 5. The normalized spacial score (nSPS) is 11.6. The lowest BCUT2D eigenvalue weighted by Crippen LogP contribution is -1.84. The fourth-order valence-electron chi connectivity index (χ4n) is 2.55. The molecule has 4 rings (SSSR count). The highest BCUT2D eigenvalue weighted by atomic mass is 32.1. The van der Waals surface area contributed by atoms with E-state index in [1.807, 2.05) is 11.3 Å². The highest BCUT2D eigenvalue weighted by Crippen LogP contribution is 2.37. The summed E-state index contributed by atoms with van der Waals surface area (Å²) in [6, 6.07) is 17.0. The van der Waals surface area contributed by atoms with Gasteiger partial charge in [-0.05, 0) is 13.0 Å². The summed E-state index contributed by atoms with van der Waals surface area (Å²) in [5.41, 5.74) is 2.26. The van der Waals surface area contributed by atoms with E-state index in [0.717, 1.165) is 11.2 Å². The zero-order valence-corrected chi connectivity index (χ0v) is 10.8. The van der Waals surface area contributed by atoms with Gasteiger partial charge >= 0.3 is 0 Å². The first-order valence-corrected chi connectivity index (χ1v) is 6.83. The van der Waals surface area contributed by atoms with Crippen LogP contribution in [0.3, 0.4) is 0 Å². The van der Waals surface area contributed by atoms with Crippen LogP contribution in [0.5, 0.6) is 0 Å². The van der Waals surface area contributed by atoms with Crippen LogP contribution in [0.4, 0.5) is 0 Å². The van der Waals surface area contributed by atoms with Crippen LogP contribution in [0.2, 0.25) is 0 Å². The number of thiophene rings is 1. The van der Waals surface area contributed by atoms with Crippen molar-refractivity contribution in [2.45, 2.75) is 6.92 Å². The van der Waals surface area contributed by atoms with Crippen molar-refractivity contribution in [2.24, 2.45) is 0 Å². The molecule has 0 radical (unpaired) electrons. The number of rotatable bonds is 0. The molecule has 0 amide bonds. The molecular weight excluding hydrogens is 238 g/mol. The first-order chi connectivity index (χ1) is 8.84. The molecule has 0 saturated carbocycles. The average Bonchev–Trinajstić information content (AvgIpc) is 2.78. The average molecular weight is 249 g/mol. The molecule has 2 heterocycles. The van der Waals surface area contributed by atoms with Gasteiger partial charge in [0.15, 0.2) is 0 Å². The van der Waals surface area contributed by atoms with Crippen LogP contribution in [-0.2, 0) is 0 Å². The predicted molar refractivity (Wildman–Crippen MR) is 79.4 cm³/mol. The monoisotopic (exact) mass is 249 g/mol. The summed E-state index contributed by atoms with van der Waals surface area (Å²) in [7, 11) is 0. The van der Waals surface area contributed by atoms with Gasteiger partial charge in [0.25, 0.3) is 0 Å². The highest BCUT2D eigenvalue weighted by Gasteiger charge is 2.10. The van der Waals surface area contributed by atoms with Gasteiger partial charge < -0.3 is 0 Å². The number of benzene rings is 2. The van der Waals surface area contributed by atoms with Crippen LogP contribution in [0.25, 0.3) is 31.1 Å². The van der Waals surface area contributed by atoms with Gasteiger partial charge in [-0.15, -0.1) is 11.3 Å². The Labute approximate surface area is 109 Å². The van der Waals surface area contributed by atoms with Gasteiger partial charge in [-0.3, -0.25) is 4.98 Å². The van der Waals surface area contributed by atoms with Crippen LogP contribution in [0, 0.1) is 6.92 Å². The Morgan fingerprint density at radius 2 is 1.50 bits per heavy atom. The molecule has 0 aliphatic heterocycles. The lowest BCUT2D eigenvalue weighted by Gasteiger charge is -2.02.